The van der Waals surface area contributed by atoms with Gasteiger partial charge >= 0.3 is 0 Å². The molecule has 0 amide bonds. The van der Waals surface area contributed by atoms with Gasteiger partial charge in [0.2, 0.25) is 5.88 Å². The summed E-state index contributed by atoms with van der Waals surface area (Å²) < 4.78 is 11.2. The summed E-state index contributed by atoms with van der Waals surface area (Å²) in [5.74, 6) is 1.53. The number of ether oxygens (including phenoxy) is 2. The number of hydrogen-bond acceptors (Lipinski definition) is 5. The van der Waals surface area contributed by atoms with Crippen LogP contribution in [0.1, 0.15) is 17.2 Å². The number of aliphatic hydroxyl groups excluding tert-OH is 1. The van der Waals surface area contributed by atoms with E-state index in [0.29, 0.717) is 28.5 Å². The van der Waals surface area contributed by atoms with Gasteiger partial charge < -0.3 is 14.6 Å². The third kappa shape index (κ3) is 3.59. The normalized spacial score (nSPS) is 11.9. The molecule has 4 rings (SSSR count). The third-order valence-corrected chi connectivity index (χ3v) is 4.28. The lowest BCUT2D eigenvalue weighted by atomic mass is 10.0. The van der Waals surface area contributed by atoms with Gasteiger partial charge in [0.25, 0.3) is 0 Å². The molecule has 0 spiro atoms. The number of para-hydroxylation sites is 1. The van der Waals surface area contributed by atoms with Crippen LogP contribution in [0.3, 0.4) is 0 Å². The van der Waals surface area contributed by atoms with Crippen molar-refractivity contribution in [3.63, 3.8) is 0 Å². The highest BCUT2D eigenvalue weighted by atomic mass is 16.5. The van der Waals surface area contributed by atoms with Crippen LogP contribution in [-0.2, 0) is 0 Å². The Morgan fingerprint density at radius 1 is 0.852 bits per heavy atom. The molecule has 0 aliphatic rings. The maximum absolute atomic E-state index is 10.8. The average molecular weight is 358 g/mol. The number of benzene rings is 2. The SMILES string of the molecule is COc1cc(C(O)c2cnc3ccccc3c2)ccc1Oc1ccccn1. The lowest BCUT2D eigenvalue weighted by Gasteiger charge is -2.15. The van der Waals surface area contributed by atoms with Crippen LogP contribution < -0.4 is 9.47 Å². The number of aromatic nitrogens is 2. The highest BCUT2D eigenvalue weighted by Gasteiger charge is 2.15. The Morgan fingerprint density at radius 3 is 2.52 bits per heavy atom. The first-order valence-electron chi connectivity index (χ1n) is 8.54. The molecule has 1 unspecified atom stereocenters. The van der Waals surface area contributed by atoms with Crippen LogP contribution in [0, 0.1) is 0 Å². The summed E-state index contributed by atoms with van der Waals surface area (Å²) >= 11 is 0. The van der Waals surface area contributed by atoms with Crippen molar-refractivity contribution in [3.05, 3.63) is 90.3 Å². The summed E-state index contributed by atoms with van der Waals surface area (Å²) in [5, 5.41) is 11.8. The maximum Gasteiger partial charge on any atom is 0.219 e. The van der Waals surface area contributed by atoms with E-state index >= 15 is 0 Å². The Balaban J connectivity index is 1.64. The van der Waals surface area contributed by atoms with E-state index < -0.39 is 6.10 Å². The van der Waals surface area contributed by atoms with Gasteiger partial charge in [-0.25, -0.2) is 4.98 Å². The van der Waals surface area contributed by atoms with Crippen LogP contribution in [0.5, 0.6) is 17.4 Å². The number of aliphatic hydroxyl groups is 1. The second kappa shape index (κ2) is 7.43. The Bertz CT molecular complexity index is 1070. The van der Waals surface area contributed by atoms with E-state index in [-0.39, 0.29) is 0 Å². The van der Waals surface area contributed by atoms with Gasteiger partial charge in [0.1, 0.15) is 6.10 Å². The van der Waals surface area contributed by atoms with Crippen molar-refractivity contribution in [2.75, 3.05) is 7.11 Å². The number of methoxy groups -OCH3 is 1. The van der Waals surface area contributed by atoms with Crippen molar-refractivity contribution < 1.29 is 14.6 Å². The zero-order chi connectivity index (χ0) is 18.6. The molecule has 0 fully saturated rings. The standard InChI is InChI=1S/C22H18N2O3/c1-26-20-13-16(9-10-19(20)27-21-8-4-5-11-23-21)22(25)17-12-15-6-2-3-7-18(15)24-14-17/h2-14,22,25H,1H3. The third-order valence-electron chi connectivity index (χ3n) is 4.28. The molecule has 27 heavy (non-hydrogen) atoms. The van der Waals surface area contributed by atoms with Crippen LogP contribution >= 0.6 is 0 Å². The first-order chi connectivity index (χ1) is 13.2. The minimum Gasteiger partial charge on any atom is -0.493 e. The second-order valence-corrected chi connectivity index (χ2v) is 6.04. The van der Waals surface area contributed by atoms with Gasteiger partial charge in [-0.2, -0.15) is 0 Å². The predicted molar refractivity (Wildman–Crippen MR) is 103 cm³/mol. The van der Waals surface area contributed by atoms with Gasteiger partial charge in [-0.3, -0.25) is 4.98 Å². The van der Waals surface area contributed by atoms with E-state index in [1.807, 2.05) is 42.5 Å². The van der Waals surface area contributed by atoms with E-state index in [1.165, 1.54) is 0 Å². The van der Waals surface area contributed by atoms with Crippen molar-refractivity contribution >= 4 is 10.9 Å². The summed E-state index contributed by atoms with van der Waals surface area (Å²) in [5.41, 5.74) is 2.30. The lowest BCUT2D eigenvalue weighted by Crippen LogP contribution is -2.02. The van der Waals surface area contributed by atoms with Crippen LogP contribution in [0.15, 0.2) is 79.1 Å². The maximum atomic E-state index is 10.8. The molecule has 0 aliphatic carbocycles. The molecular formula is C22H18N2O3. The topological polar surface area (TPSA) is 64.5 Å². The molecule has 0 radical (unpaired) electrons. The fraction of sp³-hybridized carbons (Fsp3) is 0.0909. The minimum absolute atomic E-state index is 0.475. The highest BCUT2D eigenvalue weighted by Crippen LogP contribution is 2.35. The summed E-state index contributed by atoms with van der Waals surface area (Å²) in [4.78, 5) is 8.57. The van der Waals surface area contributed by atoms with Crippen molar-refractivity contribution in [2.45, 2.75) is 6.10 Å². The molecule has 5 nitrogen and oxygen atoms in total. The van der Waals surface area contributed by atoms with E-state index in [4.69, 9.17) is 9.47 Å². The summed E-state index contributed by atoms with van der Waals surface area (Å²) in [6, 6.07) is 20.5. The van der Waals surface area contributed by atoms with E-state index in [1.54, 1.807) is 43.8 Å². The number of fused-ring (bicyclic) bond motifs is 1. The monoisotopic (exact) mass is 358 g/mol. The predicted octanol–water partition coefficient (Wildman–Crippen LogP) is 4.51. The van der Waals surface area contributed by atoms with Gasteiger partial charge in [-0.05, 0) is 35.9 Å². The Morgan fingerprint density at radius 2 is 1.70 bits per heavy atom. The average Bonchev–Trinajstić information content (AvgIpc) is 2.74. The first-order valence-corrected chi connectivity index (χ1v) is 8.54. The molecule has 0 bridgehead atoms. The van der Waals surface area contributed by atoms with Crippen LogP contribution in [0.4, 0.5) is 0 Å². The Kier molecular flexibility index (Phi) is 4.68. The summed E-state index contributed by atoms with van der Waals surface area (Å²) in [6.07, 6.45) is 2.53. The molecular weight excluding hydrogens is 340 g/mol. The largest absolute Gasteiger partial charge is 0.493 e. The van der Waals surface area contributed by atoms with Crippen LogP contribution in [-0.4, -0.2) is 22.2 Å². The minimum atomic E-state index is -0.820. The molecule has 5 heteroatoms. The molecule has 1 atom stereocenters. The number of nitrogens with zero attached hydrogens (tertiary/aromatic N) is 2. The van der Waals surface area contributed by atoms with Crippen LogP contribution in [0.25, 0.3) is 10.9 Å². The quantitative estimate of drug-likeness (QED) is 0.568. The van der Waals surface area contributed by atoms with Crippen molar-refractivity contribution in [3.8, 4) is 17.4 Å². The van der Waals surface area contributed by atoms with Crippen molar-refractivity contribution in [1.82, 2.24) is 9.97 Å². The summed E-state index contributed by atoms with van der Waals surface area (Å²) in [7, 11) is 1.56. The molecule has 4 aromatic rings. The number of hydrogen-bond donors (Lipinski definition) is 1. The van der Waals surface area contributed by atoms with Crippen LogP contribution in [0.2, 0.25) is 0 Å². The second-order valence-electron chi connectivity index (χ2n) is 6.04. The molecule has 1 N–H and O–H groups in total. The van der Waals surface area contributed by atoms with Gasteiger partial charge in [0.15, 0.2) is 11.5 Å². The van der Waals surface area contributed by atoms with E-state index in [0.717, 1.165) is 10.9 Å². The lowest BCUT2D eigenvalue weighted by molar-refractivity contribution is 0.219. The van der Waals surface area contributed by atoms with Crippen molar-refractivity contribution in [1.29, 1.82) is 0 Å². The smallest absolute Gasteiger partial charge is 0.219 e. The zero-order valence-electron chi connectivity index (χ0n) is 14.7. The zero-order valence-corrected chi connectivity index (χ0v) is 14.7. The molecule has 0 aliphatic heterocycles. The molecule has 134 valence electrons. The molecule has 0 saturated heterocycles. The van der Waals surface area contributed by atoms with Crippen molar-refractivity contribution in [2.24, 2.45) is 0 Å². The van der Waals surface area contributed by atoms with E-state index in [2.05, 4.69) is 9.97 Å². The molecule has 2 aromatic carbocycles. The summed E-state index contributed by atoms with van der Waals surface area (Å²) in [6.45, 7) is 0. The number of pyridine rings is 2. The Hall–Kier alpha value is -3.44. The van der Waals surface area contributed by atoms with E-state index in [9.17, 15) is 5.11 Å². The van der Waals surface area contributed by atoms with Gasteiger partial charge in [-0.15, -0.1) is 0 Å². The van der Waals surface area contributed by atoms with Gasteiger partial charge in [0, 0.05) is 29.4 Å². The van der Waals surface area contributed by atoms with Gasteiger partial charge in [0.05, 0.1) is 12.6 Å². The molecule has 2 aromatic heterocycles. The first kappa shape index (κ1) is 17.0. The fourth-order valence-electron chi connectivity index (χ4n) is 2.89. The molecule has 2 heterocycles. The highest BCUT2D eigenvalue weighted by molar-refractivity contribution is 5.78. The Labute approximate surface area is 156 Å². The fourth-order valence-corrected chi connectivity index (χ4v) is 2.89. The molecule has 0 saturated carbocycles. The number of rotatable bonds is 5. The van der Waals surface area contributed by atoms with Gasteiger partial charge in [-0.1, -0.05) is 30.3 Å².